The van der Waals surface area contributed by atoms with Gasteiger partial charge in [0.2, 0.25) is 0 Å². The molecular weight excluding hydrogens is 240 g/mol. The van der Waals surface area contributed by atoms with E-state index in [1.807, 2.05) is 6.92 Å². The predicted octanol–water partition coefficient (Wildman–Crippen LogP) is 1.51. The van der Waals surface area contributed by atoms with Crippen molar-refractivity contribution < 1.29 is 0 Å². The van der Waals surface area contributed by atoms with Crippen LogP contribution < -0.4 is 10.9 Å². The van der Waals surface area contributed by atoms with Crippen molar-refractivity contribution >= 4 is 5.82 Å². The van der Waals surface area contributed by atoms with Crippen molar-refractivity contribution in [3.05, 3.63) is 22.2 Å². The maximum atomic E-state index is 11.5. The van der Waals surface area contributed by atoms with E-state index in [0.29, 0.717) is 29.8 Å². The van der Waals surface area contributed by atoms with Crippen LogP contribution in [0.2, 0.25) is 0 Å². The lowest BCUT2D eigenvalue weighted by Crippen LogP contribution is -2.52. The maximum absolute atomic E-state index is 11.5. The van der Waals surface area contributed by atoms with Gasteiger partial charge >= 0.3 is 0 Å². The van der Waals surface area contributed by atoms with Crippen molar-refractivity contribution in [1.82, 2.24) is 14.9 Å². The quantitative estimate of drug-likeness (QED) is 0.848. The number of hydrogen-bond acceptors (Lipinski definition) is 4. The number of anilines is 1. The number of fused-ring (bicyclic) bond motifs is 2. The Bertz CT molecular complexity index is 498. The highest BCUT2D eigenvalue weighted by Crippen LogP contribution is 2.33. The number of aromatic nitrogens is 2. The second kappa shape index (κ2) is 4.96. The number of piperidine rings is 2. The summed E-state index contributed by atoms with van der Waals surface area (Å²) in [5.74, 6) is 1.39. The van der Waals surface area contributed by atoms with Crippen molar-refractivity contribution in [1.29, 1.82) is 0 Å². The maximum Gasteiger partial charge on any atom is 0.252 e. The van der Waals surface area contributed by atoms with Gasteiger partial charge in [0.05, 0.1) is 0 Å². The summed E-state index contributed by atoms with van der Waals surface area (Å²) in [6.45, 7) is 1.82. The summed E-state index contributed by atoms with van der Waals surface area (Å²) in [6, 6.07) is 3.38. The molecule has 2 fully saturated rings. The fourth-order valence-corrected chi connectivity index (χ4v) is 3.60. The molecule has 2 aliphatic heterocycles. The molecule has 0 saturated carbocycles. The van der Waals surface area contributed by atoms with Crippen molar-refractivity contribution in [3.63, 3.8) is 0 Å². The highest BCUT2D eigenvalue weighted by Gasteiger charge is 2.35. The lowest BCUT2D eigenvalue weighted by molar-refractivity contribution is 0.0608. The van der Waals surface area contributed by atoms with Crippen LogP contribution in [-0.2, 0) is 0 Å². The van der Waals surface area contributed by atoms with Crippen LogP contribution in [0.4, 0.5) is 5.82 Å². The lowest BCUT2D eigenvalue weighted by Gasteiger charge is -2.47. The molecule has 1 aromatic heterocycles. The van der Waals surface area contributed by atoms with Crippen LogP contribution in [0.3, 0.4) is 0 Å². The summed E-state index contributed by atoms with van der Waals surface area (Å²) in [6.07, 6.45) is 6.26. The third-order valence-corrected chi connectivity index (χ3v) is 4.55. The van der Waals surface area contributed by atoms with E-state index in [9.17, 15) is 4.79 Å². The van der Waals surface area contributed by atoms with Crippen LogP contribution in [0.5, 0.6) is 0 Å². The van der Waals surface area contributed by atoms with Gasteiger partial charge in [-0.2, -0.15) is 0 Å². The van der Waals surface area contributed by atoms with Crippen molar-refractivity contribution in [3.8, 4) is 0 Å². The molecule has 2 bridgehead atoms. The Morgan fingerprint density at radius 3 is 2.68 bits per heavy atom. The largest absolute Gasteiger partial charge is 0.367 e. The monoisotopic (exact) mass is 262 g/mol. The summed E-state index contributed by atoms with van der Waals surface area (Å²) in [4.78, 5) is 21.0. The van der Waals surface area contributed by atoms with E-state index in [1.54, 1.807) is 6.07 Å². The summed E-state index contributed by atoms with van der Waals surface area (Å²) in [5, 5.41) is 3.45. The van der Waals surface area contributed by atoms with Gasteiger partial charge in [0.25, 0.3) is 5.56 Å². The molecule has 0 amide bonds. The Morgan fingerprint density at radius 1 is 1.37 bits per heavy atom. The molecule has 5 heteroatoms. The number of aryl methyl sites for hydroxylation is 1. The Kier molecular flexibility index (Phi) is 3.31. The van der Waals surface area contributed by atoms with Gasteiger partial charge in [0.15, 0.2) is 0 Å². The number of H-pyrrole nitrogens is 1. The first-order chi connectivity index (χ1) is 9.11. The van der Waals surface area contributed by atoms with Crippen LogP contribution in [0.1, 0.15) is 37.9 Å². The smallest absolute Gasteiger partial charge is 0.252 e. The third-order valence-electron chi connectivity index (χ3n) is 4.55. The number of hydrogen-bond donors (Lipinski definition) is 2. The van der Waals surface area contributed by atoms with E-state index in [2.05, 4.69) is 27.2 Å². The van der Waals surface area contributed by atoms with Gasteiger partial charge < -0.3 is 15.2 Å². The molecule has 0 aliphatic carbocycles. The zero-order chi connectivity index (χ0) is 13.4. The van der Waals surface area contributed by atoms with Gasteiger partial charge in [-0.1, -0.05) is 6.42 Å². The Morgan fingerprint density at radius 2 is 2.05 bits per heavy atom. The third kappa shape index (κ3) is 2.66. The summed E-state index contributed by atoms with van der Waals surface area (Å²) in [5.41, 5.74) is -0.0804. The van der Waals surface area contributed by atoms with Crippen molar-refractivity contribution in [2.24, 2.45) is 0 Å². The molecule has 5 nitrogen and oxygen atoms in total. The molecule has 2 aliphatic rings. The standard InChI is InChI=1S/C14H22N4O/c1-9-15-13(8-14(19)16-9)17-10-6-11-4-3-5-12(7-10)18(11)2/h8,10-12H,3-7H2,1-2H3,(H2,15,16,17,19). The van der Waals surface area contributed by atoms with Crippen LogP contribution in [-0.4, -0.2) is 40.0 Å². The normalized spacial score (nSPS) is 31.2. The highest BCUT2D eigenvalue weighted by atomic mass is 16.1. The summed E-state index contributed by atoms with van der Waals surface area (Å²) in [7, 11) is 2.25. The molecule has 1 aromatic rings. The molecule has 104 valence electrons. The second-order valence-electron chi connectivity index (χ2n) is 5.93. The fourth-order valence-electron chi connectivity index (χ4n) is 3.60. The molecular formula is C14H22N4O. The number of aromatic amines is 1. The molecule has 2 atom stereocenters. The molecule has 3 heterocycles. The van der Waals surface area contributed by atoms with Crippen LogP contribution in [0.25, 0.3) is 0 Å². The fraction of sp³-hybridized carbons (Fsp3) is 0.714. The topological polar surface area (TPSA) is 61.0 Å². The first kappa shape index (κ1) is 12.7. The molecule has 0 spiro atoms. The zero-order valence-corrected chi connectivity index (χ0v) is 11.6. The Hall–Kier alpha value is -1.36. The predicted molar refractivity (Wildman–Crippen MR) is 75.4 cm³/mol. The lowest BCUT2D eigenvalue weighted by atomic mass is 9.82. The molecule has 2 saturated heterocycles. The van der Waals surface area contributed by atoms with E-state index >= 15 is 0 Å². The van der Waals surface area contributed by atoms with Gasteiger partial charge in [0, 0.05) is 24.2 Å². The molecule has 0 aromatic carbocycles. The second-order valence-corrected chi connectivity index (χ2v) is 5.93. The van der Waals surface area contributed by atoms with E-state index in [-0.39, 0.29) is 5.56 Å². The van der Waals surface area contributed by atoms with Gasteiger partial charge in [0.1, 0.15) is 11.6 Å². The SMILES string of the molecule is Cc1nc(NC2CC3CCCC(C2)N3C)cc(=O)[nH]1. The molecule has 19 heavy (non-hydrogen) atoms. The van der Waals surface area contributed by atoms with E-state index in [4.69, 9.17) is 0 Å². The van der Waals surface area contributed by atoms with Gasteiger partial charge in [-0.15, -0.1) is 0 Å². The van der Waals surface area contributed by atoms with E-state index in [1.165, 1.54) is 19.3 Å². The van der Waals surface area contributed by atoms with E-state index in [0.717, 1.165) is 12.8 Å². The van der Waals surface area contributed by atoms with Gasteiger partial charge in [-0.05, 0) is 39.7 Å². The van der Waals surface area contributed by atoms with Crippen molar-refractivity contribution in [2.75, 3.05) is 12.4 Å². The number of nitrogens with zero attached hydrogens (tertiary/aromatic N) is 2. The van der Waals surface area contributed by atoms with E-state index < -0.39 is 0 Å². The molecule has 3 rings (SSSR count). The van der Waals surface area contributed by atoms with Crippen LogP contribution in [0.15, 0.2) is 10.9 Å². The van der Waals surface area contributed by atoms with Crippen LogP contribution >= 0.6 is 0 Å². The molecule has 2 unspecified atom stereocenters. The number of rotatable bonds is 2. The average Bonchev–Trinajstić information content (AvgIpc) is 2.29. The Labute approximate surface area is 113 Å². The first-order valence-electron chi connectivity index (χ1n) is 7.18. The Balaban J connectivity index is 1.72. The summed E-state index contributed by atoms with van der Waals surface area (Å²) >= 11 is 0. The minimum Gasteiger partial charge on any atom is -0.367 e. The van der Waals surface area contributed by atoms with Crippen molar-refractivity contribution in [2.45, 2.75) is 57.2 Å². The van der Waals surface area contributed by atoms with Crippen LogP contribution in [0, 0.1) is 6.92 Å². The molecule has 0 radical (unpaired) electrons. The molecule has 2 N–H and O–H groups in total. The summed E-state index contributed by atoms with van der Waals surface area (Å²) < 4.78 is 0. The minimum absolute atomic E-state index is 0.0804. The van der Waals surface area contributed by atoms with Gasteiger partial charge in [-0.25, -0.2) is 4.98 Å². The highest BCUT2D eigenvalue weighted by molar-refractivity contribution is 5.34. The van der Waals surface area contributed by atoms with Gasteiger partial charge in [-0.3, -0.25) is 4.79 Å². The zero-order valence-electron chi connectivity index (χ0n) is 11.6. The minimum atomic E-state index is -0.0804. The average molecular weight is 262 g/mol. The number of nitrogens with one attached hydrogen (secondary N) is 2. The first-order valence-corrected chi connectivity index (χ1v) is 7.18.